The van der Waals surface area contributed by atoms with Crippen LogP contribution in [0.25, 0.3) is 0 Å². The molecule has 3 rings (SSSR count). The van der Waals surface area contributed by atoms with Crippen molar-refractivity contribution in [3.8, 4) is 0 Å². The predicted molar refractivity (Wildman–Crippen MR) is 104 cm³/mol. The average Bonchev–Trinajstić information content (AvgIpc) is 3.11. The Labute approximate surface area is 167 Å². The van der Waals surface area contributed by atoms with E-state index in [0.29, 0.717) is 12.2 Å². The van der Waals surface area contributed by atoms with E-state index in [1.54, 1.807) is 18.2 Å². The molecule has 2 aromatic carbocycles. The van der Waals surface area contributed by atoms with Crippen LogP contribution < -0.4 is 10.0 Å². The normalized spacial score (nSPS) is 13.7. The summed E-state index contributed by atoms with van der Waals surface area (Å²) in [4.78, 5) is 36.4. The fourth-order valence-corrected chi connectivity index (χ4v) is 3.81. The Balaban J connectivity index is 1.68. The number of hydrogen-bond donors (Lipinski definition) is 2. The van der Waals surface area contributed by atoms with E-state index in [-0.39, 0.29) is 17.0 Å². The number of esters is 1. The highest BCUT2D eigenvalue weighted by molar-refractivity contribution is 7.92. The number of carbonyl (C=O) groups excluding carboxylic acids is 3. The number of carbonyl (C=O) groups is 3. The van der Waals surface area contributed by atoms with Crippen LogP contribution in [0.1, 0.15) is 15.9 Å². The van der Waals surface area contributed by atoms with Crippen molar-refractivity contribution in [1.29, 1.82) is 0 Å². The maximum absolute atomic E-state index is 12.6. The van der Waals surface area contributed by atoms with Crippen LogP contribution in [0.15, 0.2) is 53.4 Å². The number of hydrogen-bond acceptors (Lipinski definition) is 6. The summed E-state index contributed by atoms with van der Waals surface area (Å²) in [6.45, 7) is 1.76. The Morgan fingerprint density at radius 1 is 1.17 bits per heavy atom. The molecule has 1 heterocycles. The van der Waals surface area contributed by atoms with Gasteiger partial charge in [0, 0.05) is 18.8 Å². The molecule has 152 valence electrons. The van der Waals surface area contributed by atoms with Crippen molar-refractivity contribution in [2.24, 2.45) is 0 Å². The second kappa shape index (κ2) is 8.31. The quantitative estimate of drug-likeness (QED) is 0.687. The zero-order chi connectivity index (χ0) is 21.0. The van der Waals surface area contributed by atoms with Gasteiger partial charge in [0.2, 0.25) is 0 Å². The summed E-state index contributed by atoms with van der Waals surface area (Å²) in [5, 5.41) is 2.47. The molecule has 0 bridgehead atoms. The maximum atomic E-state index is 12.6. The Kier molecular flexibility index (Phi) is 5.83. The molecule has 0 radical (unpaired) electrons. The van der Waals surface area contributed by atoms with Crippen molar-refractivity contribution < 1.29 is 27.5 Å². The lowest BCUT2D eigenvalue weighted by atomic mass is 10.2. The minimum absolute atomic E-state index is 0.0317. The number of nitrogens with zero attached hydrogens (tertiary/aromatic N) is 1. The van der Waals surface area contributed by atoms with E-state index in [1.165, 1.54) is 18.2 Å². The van der Waals surface area contributed by atoms with Crippen molar-refractivity contribution in [2.75, 3.05) is 24.4 Å². The highest BCUT2D eigenvalue weighted by Gasteiger charge is 2.27. The lowest BCUT2D eigenvalue weighted by Crippen LogP contribution is -2.37. The van der Waals surface area contributed by atoms with E-state index < -0.39 is 34.5 Å². The van der Waals surface area contributed by atoms with Crippen LogP contribution in [0.5, 0.6) is 0 Å². The number of imide groups is 1. The summed E-state index contributed by atoms with van der Waals surface area (Å²) in [6, 6.07) is 11.6. The summed E-state index contributed by atoms with van der Waals surface area (Å²) < 4.78 is 32.6. The lowest BCUT2D eigenvalue weighted by molar-refractivity contribution is -0.130. The van der Waals surface area contributed by atoms with E-state index in [0.717, 1.165) is 16.5 Å². The number of rotatable bonds is 6. The van der Waals surface area contributed by atoms with E-state index in [9.17, 15) is 22.8 Å². The molecule has 1 aliphatic heterocycles. The second-order valence-corrected chi connectivity index (χ2v) is 8.04. The van der Waals surface area contributed by atoms with Crippen LogP contribution in [-0.2, 0) is 19.6 Å². The van der Waals surface area contributed by atoms with Crippen molar-refractivity contribution in [2.45, 2.75) is 11.8 Å². The molecule has 0 aromatic heterocycles. The van der Waals surface area contributed by atoms with Crippen molar-refractivity contribution in [1.82, 2.24) is 10.2 Å². The van der Waals surface area contributed by atoms with E-state index in [2.05, 4.69) is 10.0 Å². The van der Waals surface area contributed by atoms with Gasteiger partial charge >= 0.3 is 12.0 Å². The number of aryl methyl sites for hydroxylation is 1. The maximum Gasteiger partial charge on any atom is 0.338 e. The molecule has 10 heteroatoms. The van der Waals surface area contributed by atoms with Crippen molar-refractivity contribution in [3.05, 3.63) is 59.7 Å². The first-order valence-corrected chi connectivity index (χ1v) is 10.2. The Morgan fingerprint density at radius 3 is 2.62 bits per heavy atom. The first-order chi connectivity index (χ1) is 13.8. The summed E-state index contributed by atoms with van der Waals surface area (Å²) >= 11 is 0. The molecule has 2 N–H and O–H groups in total. The fraction of sp³-hybridized carbons (Fsp3) is 0.211. The van der Waals surface area contributed by atoms with Gasteiger partial charge in [-0.25, -0.2) is 18.0 Å². The predicted octanol–water partition coefficient (Wildman–Crippen LogP) is 1.50. The van der Waals surface area contributed by atoms with E-state index in [1.807, 2.05) is 13.0 Å². The van der Waals surface area contributed by atoms with E-state index in [4.69, 9.17) is 4.74 Å². The number of benzene rings is 2. The van der Waals surface area contributed by atoms with Gasteiger partial charge in [0.25, 0.3) is 15.9 Å². The zero-order valence-corrected chi connectivity index (χ0v) is 16.4. The molecule has 9 nitrogen and oxygen atoms in total. The molecule has 0 atom stereocenters. The summed E-state index contributed by atoms with van der Waals surface area (Å²) in [7, 11) is -3.92. The molecule has 29 heavy (non-hydrogen) atoms. The van der Waals surface area contributed by atoms with Crippen LogP contribution in [-0.4, -0.2) is 50.9 Å². The van der Waals surface area contributed by atoms with Crippen molar-refractivity contribution >= 4 is 33.6 Å². The van der Waals surface area contributed by atoms with Gasteiger partial charge in [0.1, 0.15) is 0 Å². The van der Waals surface area contributed by atoms with Gasteiger partial charge in [-0.3, -0.25) is 14.4 Å². The number of nitrogens with one attached hydrogen (secondary N) is 2. The standard InChI is InChI=1S/C19H19N3O6S/c1-13-4-2-6-15(10-13)21-29(26,27)16-7-3-5-14(11-16)18(24)28-12-17(23)22-9-8-20-19(22)25/h2-7,10-11,21H,8-9,12H2,1H3,(H,20,25). The average molecular weight is 417 g/mol. The molecule has 1 saturated heterocycles. The summed E-state index contributed by atoms with van der Waals surface area (Å²) in [5.41, 5.74) is 1.25. The third-order valence-corrected chi connectivity index (χ3v) is 5.51. The van der Waals surface area contributed by atoms with Gasteiger partial charge in [-0.2, -0.15) is 0 Å². The number of ether oxygens (including phenoxy) is 1. The third kappa shape index (κ3) is 4.91. The molecule has 0 saturated carbocycles. The summed E-state index contributed by atoms with van der Waals surface area (Å²) in [5.74, 6) is -1.52. The van der Waals surface area contributed by atoms with Crippen molar-refractivity contribution in [3.63, 3.8) is 0 Å². The van der Waals surface area contributed by atoms with Crippen LogP contribution in [0.2, 0.25) is 0 Å². The minimum Gasteiger partial charge on any atom is -0.452 e. The second-order valence-electron chi connectivity index (χ2n) is 6.36. The molecule has 0 unspecified atom stereocenters. The smallest absolute Gasteiger partial charge is 0.338 e. The monoisotopic (exact) mass is 417 g/mol. The highest BCUT2D eigenvalue weighted by atomic mass is 32.2. The van der Waals surface area contributed by atoms with Gasteiger partial charge in [0.15, 0.2) is 6.61 Å². The van der Waals surface area contributed by atoms with Gasteiger partial charge in [-0.05, 0) is 42.8 Å². The highest BCUT2D eigenvalue weighted by Crippen LogP contribution is 2.18. The van der Waals surface area contributed by atoms with Crippen LogP contribution in [0, 0.1) is 6.92 Å². The van der Waals surface area contributed by atoms with E-state index >= 15 is 0 Å². The molecule has 1 aliphatic rings. The zero-order valence-electron chi connectivity index (χ0n) is 15.5. The van der Waals surface area contributed by atoms with Gasteiger partial charge in [-0.15, -0.1) is 0 Å². The molecular formula is C19H19N3O6S. The summed E-state index contributed by atoms with van der Waals surface area (Å²) in [6.07, 6.45) is 0. The molecule has 0 spiro atoms. The minimum atomic E-state index is -3.92. The Hall–Kier alpha value is -3.40. The number of amides is 3. The molecule has 1 fully saturated rings. The number of urea groups is 1. The Morgan fingerprint density at radius 2 is 1.93 bits per heavy atom. The Bertz CT molecular complexity index is 1070. The SMILES string of the molecule is Cc1cccc(NS(=O)(=O)c2cccc(C(=O)OCC(=O)N3CCNC3=O)c2)c1. The number of sulfonamides is 1. The van der Waals surface area contributed by atoms with Gasteiger partial charge in [-0.1, -0.05) is 18.2 Å². The first-order valence-electron chi connectivity index (χ1n) is 8.71. The van der Waals surface area contributed by atoms with Gasteiger partial charge in [0.05, 0.1) is 10.5 Å². The third-order valence-electron chi connectivity index (χ3n) is 4.13. The van der Waals surface area contributed by atoms with Crippen LogP contribution in [0.3, 0.4) is 0 Å². The topological polar surface area (TPSA) is 122 Å². The number of anilines is 1. The van der Waals surface area contributed by atoms with Crippen LogP contribution in [0.4, 0.5) is 10.5 Å². The fourth-order valence-electron chi connectivity index (χ4n) is 2.71. The molecule has 2 aromatic rings. The first kappa shape index (κ1) is 20.3. The largest absolute Gasteiger partial charge is 0.452 e. The molecule has 3 amide bonds. The lowest BCUT2D eigenvalue weighted by Gasteiger charge is -2.12. The molecule has 0 aliphatic carbocycles. The van der Waals surface area contributed by atoms with Gasteiger partial charge < -0.3 is 10.1 Å². The molecular weight excluding hydrogens is 398 g/mol. The van der Waals surface area contributed by atoms with Crippen LogP contribution >= 0.6 is 0 Å².